The molecule has 0 spiro atoms. The third-order valence-corrected chi connectivity index (χ3v) is 12.0. The van der Waals surface area contributed by atoms with Gasteiger partial charge < -0.3 is 46.8 Å². The molecule has 336 valence electrons. The van der Waals surface area contributed by atoms with E-state index in [0.717, 1.165) is 5.56 Å². The molecule has 8 amide bonds. The summed E-state index contributed by atoms with van der Waals surface area (Å²) in [5, 5.41) is 27.2. The molecule has 0 unspecified atom stereocenters. The van der Waals surface area contributed by atoms with E-state index >= 15 is 0 Å². The van der Waals surface area contributed by atoms with Crippen LogP contribution in [0.4, 0.5) is 0 Å². The van der Waals surface area contributed by atoms with Crippen molar-refractivity contribution in [3.8, 4) is 0 Å². The first-order valence-corrected chi connectivity index (χ1v) is 21.7. The molecule has 0 radical (unpaired) electrons. The lowest BCUT2D eigenvalue weighted by Gasteiger charge is -2.33. The Balaban J connectivity index is 1.52. The second-order valence-electron chi connectivity index (χ2n) is 17.0. The maximum absolute atomic E-state index is 14.4. The van der Waals surface area contributed by atoms with Crippen molar-refractivity contribution < 1.29 is 43.5 Å². The lowest BCUT2D eigenvalue weighted by molar-refractivity contribution is -0.144. The molecule has 17 heteroatoms. The van der Waals surface area contributed by atoms with Gasteiger partial charge in [0.1, 0.15) is 42.3 Å². The minimum Gasteiger partial charge on any atom is -0.391 e. The second-order valence-corrected chi connectivity index (χ2v) is 17.0. The standard InChI is InChI=1S/C45H62N8O9/c1-6-27(4)37-45(62)52-21-13-19-33(52)41(58)46-25-35(55)47-31(23-29-15-9-7-10-16-29)39(56)49-36(26(2)3)44(61)53-22-14-20-34(53)42(59)48-32(24-30-17-11-8-12-18-30)40(57)51-38(28(5)54)43(60)50-37/h7-12,15-18,26-28,31-34,36-38,54H,6,13-14,19-25H2,1-5H3,(H,46,58)(H,47,55)(H,48,59)(H,49,56)(H,50,60)(H,51,57)/t27-,28-,31-,32-,33-,34-,36-,37-,38-/m0/s1. The van der Waals surface area contributed by atoms with E-state index in [9.17, 15) is 43.5 Å². The smallest absolute Gasteiger partial charge is 0.246 e. The number of hydrogen-bond acceptors (Lipinski definition) is 9. The zero-order valence-electron chi connectivity index (χ0n) is 36.2. The Hall–Kier alpha value is -5.84. The van der Waals surface area contributed by atoms with Crippen molar-refractivity contribution in [3.05, 3.63) is 71.8 Å². The molecule has 2 aromatic carbocycles. The normalized spacial score (nSPS) is 27.4. The van der Waals surface area contributed by atoms with Crippen molar-refractivity contribution in [1.82, 2.24) is 41.7 Å². The van der Waals surface area contributed by atoms with Crippen LogP contribution >= 0.6 is 0 Å². The summed E-state index contributed by atoms with van der Waals surface area (Å²) in [6, 6.07) is 9.68. The highest BCUT2D eigenvalue weighted by atomic mass is 16.3. The van der Waals surface area contributed by atoms with Gasteiger partial charge in [-0.25, -0.2) is 0 Å². The SMILES string of the molecule is CC[C@H](C)[C@@H]1NC(=O)[C@H]([C@H](C)O)NC(=O)[C@H](Cc2ccccc2)NC(=O)[C@@H]2CCCN2C(=O)[C@H](C(C)C)NC(=O)[C@H](Cc2ccccc2)NC(=O)CNC(=O)[C@@H]2CCCN2C1=O. The maximum atomic E-state index is 14.4. The fourth-order valence-corrected chi connectivity index (χ4v) is 8.23. The van der Waals surface area contributed by atoms with Gasteiger partial charge >= 0.3 is 0 Å². The predicted octanol–water partition coefficient (Wildman–Crippen LogP) is 0.0905. The summed E-state index contributed by atoms with van der Waals surface area (Å²) in [6.45, 7) is 8.31. The largest absolute Gasteiger partial charge is 0.391 e. The summed E-state index contributed by atoms with van der Waals surface area (Å²) in [5.74, 6) is -6.09. The molecule has 3 heterocycles. The number of benzene rings is 2. The topological polar surface area (TPSA) is 235 Å². The van der Waals surface area contributed by atoms with E-state index in [2.05, 4.69) is 31.9 Å². The number of aliphatic hydroxyl groups is 1. The van der Waals surface area contributed by atoms with E-state index in [4.69, 9.17) is 0 Å². The summed E-state index contributed by atoms with van der Waals surface area (Å²) in [4.78, 5) is 115. The van der Waals surface area contributed by atoms with Crippen LogP contribution in [0.5, 0.6) is 0 Å². The first-order chi connectivity index (χ1) is 29.6. The molecule has 3 aliphatic heterocycles. The molecule has 3 saturated heterocycles. The van der Waals surface area contributed by atoms with Crippen LogP contribution in [-0.2, 0) is 51.2 Å². The molecule has 17 nitrogen and oxygen atoms in total. The number of nitrogens with one attached hydrogen (secondary N) is 6. The van der Waals surface area contributed by atoms with Gasteiger partial charge in [0, 0.05) is 25.9 Å². The number of fused-ring (bicyclic) bond motifs is 2. The molecule has 0 saturated carbocycles. The van der Waals surface area contributed by atoms with E-state index < -0.39 is 114 Å². The minimum absolute atomic E-state index is 0.00117. The molecule has 0 aliphatic carbocycles. The fraction of sp³-hybridized carbons (Fsp3) is 0.556. The lowest BCUT2D eigenvalue weighted by atomic mass is 9.96. The first-order valence-electron chi connectivity index (χ1n) is 21.7. The highest BCUT2D eigenvalue weighted by molar-refractivity contribution is 5.99. The number of aliphatic hydroxyl groups excluding tert-OH is 1. The number of amides is 8. The van der Waals surface area contributed by atoms with Crippen molar-refractivity contribution in [2.24, 2.45) is 11.8 Å². The zero-order chi connectivity index (χ0) is 45.1. The number of rotatable bonds is 8. The third kappa shape index (κ3) is 12.0. The Morgan fingerprint density at radius 1 is 0.581 bits per heavy atom. The highest BCUT2D eigenvalue weighted by Gasteiger charge is 2.43. The van der Waals surface area contributed by atoms with Gasteiger partial charge in [-0.2, -0.15) is 0 Å². The van der Waals surface area contributed by atoms with E-state index in [-0.39, 0.29) is 32.4 Å². The third-order valence-electron chi connectivity index (χ3n) is 12.0. The monoisotopic (exact) mass is 858 g/mol. The van der Waals surface area contributed by atoms with Crippen molar-refractivity contribution in [1.29, 1.82) is 0 Å². The lowest BCUT2D eigenvalue weighted by Crippen LogP contribution is -2.63. The Kier molecular flexibility index (Phi) is 16.6. The summed E-state index contributed by atoms with van der Waals surface area (Å²) in [5.41, 5.74) is 1.41. The van der Waals surface area contributed by atoms with Crippen molar-refractivity contribution in [3.63, 3.8) is 0 Å². The van der Waals surface area contributed by atoms with E-state index in [1.54, 1.807) is 75.4 Å². The molecule has 9 atom stereocenters. The molecule has 2 aromatic rings. The fourth-order valence-electron chi connectivity index (χ4n) is 8.23. The average molecular weight is 859 g/mol. The minimum atomic E-state index is -1.55. The summed E-state index contributed by atoms with van der Waals surface area (Å²) < 4.78 is 0. The average Bonchev–Trinajstić information content (AvgIpc) is 3.96. The molecular weight excluding hydrogens is 797 g/mol. The van der Waals surface area contributed by atoms with Gasteiger partial charge in [-0.3, -0.25) is 38.4 Å². The highest BCUT2D eigenvalue weighted by Crippen LogP contribution is 2.23. The van der Waals surface area contributed by atoms with Crippen molar-refractivity contribution >= 4 is 47.3 Å². The van der Waals surface area contributed by atoms with Crippen LogP contribution in [-0.4, -0.2) is 130 Å². The molecule has 0 bridgehead atoms. The molecule has 3 aliphatic rings. The van der Waals surface area contributed by atoms with Gasteiger partial charge in [0.15, 0.2) is 0 Å². The van der Waals surface area contributed by atoms with Gasteiger partial charge in [-0.05, 0) is 55.6 Å². The molecule has 62 heavy (non-hydrogen) atoms. The van der Waals surface area contributed by atoms with Gasteiger partial charge in [-0.1, -0.05) is 94.8 Å². The summed E-state index contributed by atoms with van der Waals surface area (Å²) in [7, 11) is 0. The van der Waals surface area contributed by atoms with Crippen LogP contribution in [0, 0.1) is 11.8 Å². The molecule has 7 N–H and O–H groups in total. The molecular formula is C45H62N8O9. The predicted molar refractivity (Wildman–Crippen MR) is 228 cm³/mol. The Morgan fingerprint density at radius 3 is 1.55 bits per heavy atom. The quantitative estimate of drug-likeness (QED) is 0.190. The van der Waals surface area contributed by atoms with Gasteiger partial charge in [0.25, 0.3) is 0 Å². The van der Waals surface area contributed by atoms with E-state index in [1.165, 1.54) is 16.7 Å². The zero-order valence-corrected chi connectivity index (χ0v) is 36.2. The number of hydrogen-bond donors (Lipinski definition) is 7. The molecule has 0 aromatic heterocycles. The van der Waals surface area contributed by atoms with Gasteiger partial charge in [-0.15, -0.1) is 0 Å². The van der Waals surface area contributed by atoms with Crippen molar-refractivity contribution in [2.75, 3.05) is 19.6 Å². The summed E-state index contributed by atoms with van der Waals surface area (Å²) >= 11 is 0. The molecule has 3 fully saturated rings. The van der Waals surface area contributed by atoms with Crippen LogP contribution < -0.4 is 31.9 Å². The van der Waals surface area contributed by atoms with Crippen LogP contribution in [0.3, 0.4) is 0 Å². The molecule has 5 rings (SSSR count). The van der Waals surface area contributed by atoms with Gasteiger partial charge in [0.05, 0.1) is 12.6 Å². The Morgan fingerprint density at radius 2 is 1.05 bits per heavy atom. The van der Waals surface area contributed by atoms with E-state index in [0.29, 0.717) is 31.2 Å². The number of carbonyl (C=O) groups is 8. The van der Waals surface area contributed by atoms with Crippen LogP contribution in [0.15, 0.2) is 60.7 Å². The second kappa shape index (κ2) is 21.8. The van der Waals surface area contributed by atoms with Crippen molar-refractivity contribution in [2.45, 2.75) is 128 Å². The van der Waals surface area contributed by atoms with Crippen LogP contribution in [0.1, 0.15) is 77.8 Å². The van der Waals surface area contributed by atoms with Crippen LogP contribution in [0.2, 0.25) is 0 Å². The van der Waals surface area contributed by atoms with E-state index in [1.807, 2.05) is 13.0 Å². The Labute approximate surface area is 362 Å². The summed E-state index contributed by atoms with van der Waals surface area (Å²) in [6.07, 6.45) is 0.592. The number of carbonyl (C=O) groups excluding carboxylic acids is 8. The Bertz CT molecular complexity index is 1930. The number of nitrogens with zero attached hydrogens (tertiary/aromatic N) is 2. The maximum Gasteiger partial charge on any atom is 0.246 e. The van der Waals surface area contributed by atoms with Gasteiger partial charge in [0.2, 0.25) is 47.3 Å². The van der Waals surface area contributed by atoms with Crippen LogP contribution in [0.25, 0.3) is 0 Å². The first kappa shape index (κ1) is 47.2.